The molecule has 1 N–H and O–H groups in total. The summed E-state index contributed by atoms with van der Waals surface area (Å²) in [5.74, 6) is 0.107. The topological polar surface area (TPSA) is 47.0 Å². The molecule has 0 unspecified atom stereocenters. The molecule has 0 radical (unpaired) electrons. The number of ether oxygens (including phenoxy) is 1. The molecule has 15 heavy (non-hydrogen) atoms. The van der Waals surface area contributed by atoms with Crippen molar-refractivity contribution in [3.05, 3.63) is 12.0 Å². The van der Waals surface area contributed by atoms with Crippen molar-refractivity contribution >= 4 is 17.7 Å². The van der Waals surface area contributed by atoms with E-state index in [2.05, 4.69) is 15.3 Å². The first-order chi connectivity index (χ1) is 7.29. The number of rotatable bonds is 4. The lowest BCUT2D eigenvalue weighted by atomic mass is 10.4. The first-order valence-electron chi connectivity index (χ1n) is 4.80. The lowest BCUT2D eigenvalue weighted by Gasteiger charge is -2.24. The molecule has 0 bridgehead atoms. The summed E-state index contributed by atoms with van der Waals surface area (Å²) in [6, 6.07) is 0. The Bertz CT molecular complexity index is 346. The van der Waals surface area contributed by atoms with Crippen LogP contribution in [0.25, 0.3) is 0 Å². The van der Waals surface area contributed by atoms with E-state index in [1.165, 1.54) is 18.0 Å². The molecule has 1 saturated heterocycles. The second-order valence-corrected chi connectivity index (χ2v) is 4.44. The maximum atomic E-state index is 13.3. The van der Waals surface area contributed by atoms with Gasteiger partial charge in [0.2, 0.25) is 5.95 Å². The third-order valence-electron chi connectivity index (χ3n) is 1.93. The highest BCUT2D eigenvalue weighted by atomic mass is 32.2. The van der Waals surface area contributed by atoms with Crippen LogP contribution in [0.2, 0.25) is 0 Å². The smallest absolute Gasteiger partial charge is 0.223 e. The van der Waals surface area contributed by atoms with E-state index in [4.69, 9.17) is 4.74 Å². The fraction of sp³-hybridized carbons (Fsp3) is 0.556. The second-order valence-electron chi connectivity index (χ2n) is 3.15. The minimum atomic E-state index is -0.367. The molecule has 0 saturated carbocycles. The van der Waals surface area contributed by atoms with Gasteiger partial charge < -0.3 is 10.1 Å². The van der Waals surface area contributed by atoms with Gasteiger partial charge in [-0.25, -0.2) is 14.4 Å². The SMILES string of the molecule is CCNc1ncc(F)c(SC2COC2)n1. The van der Waals surface area contributed by atoms with Crippen LogP contribution in [0.3, 0.4) is 0 Å². The molecular weight excluding hydrogens is 217 g/mol. The zero-order chi connectivity index (χ0) is 10.7. The average Bonchev–Trinajstić information content (AvgIpc) is 2.16. The Hall–Kier alpha value is -0.880. The maximum Gasteiger partial charge on any atom is 0.223 e. The molecule has 1 aliphatic rings. The number of nitrogens with one attached hydrogen (secondary N) is 1. The first-order valence-corrected chi connectivity index (χ1v) is 5.68. The Labute approximate surface area is 91.6 Å². The maximum absolute atomic E-state index is 13.3. The van der Waals surface area contributed by atoms with Crippen LogP contribution in [-0.2, 0) is 4.74 Å². The summed E-state index contributed by atoms with van der Waals surface area (Å²) in [5.41, 5.74) is 0. The van der Waals surface area contributed by atoms with Crippen molar-refractivity contribution < 1.29 is 9.13 Å². The summed E-state index contributed by atoms with van der Waals surface area (Å²) in [7, 11) is 0. The predicted octanol–water partition coefficient (Wildman–Crippen LogP) is 1.54. The van der Waals surface area contributed by atoms with E-state index in [-0.39, 0.29) is 5.82 Å². The van der Waals surface area contributed by atoms with Crippen molar-refractivity contribution in [1.82, 2.24) is 9.97 Å². The van der Waals surface area contributed by atoms with Gasteiger partial charge in [-0.2, -0.15) is 0 Å². The lowest BCUT2D eigenvalue weighted by Crippen LogP contribution is -2.30. The van der Waals surface area contributed by atoms with Gasteiger partial charge in [0.15, 0.2) is 5.82 Å². The minimum absolute atomic E-state index is 0.323. The molecule has 1 fully saturated rings. The Balaban J connectivity index is 2.08. The summed E-state index contributed by atoms with van der Waals surface area (Å²) in [4.78, 5) is 7.93. The minimum Gasteiger partial charge on any atom is -0.379 e. The zero-order valence-corrected chi connectivity index (χ0v) is 9.18. The summed E-state index contributed by atoms with van der Waals surface area (Å²) >= 11 is 1.41. The molecule has 2 rings (SSSR count). The van der Waals surface area contributed by atoms with E-state index in [1.807, 2.05) is 6.92 Å². The van der Waals surface area contributed by atoms with Gasteiger partial charge in [0.05, 0.1) is 24.7 Å². The molecule has 0 aromatic carbocycles. The second kappa shape index (κ2) is 4.76. The number of hydrogen-bond donors (Lipinski definition) is 1. The van der Waals surface area contributed by atoms with Gasteiger partial charge in [-0.05, 0) is 6.92 Å². The van der Waals surface area contributed by atoms with Crippen LogP contribution in [0.15, 0.2) is 11.2 Å². The van der Waals surface area contributed by atoms with Crippen LogP contribution < -0.4 is 5.32 Å². The number of hydrogen-bond acceptors (Lipinski definition) is 5. The monoisotopic (exact) mass is 229 g/mol. The van der Waals surface area contributed by atoms with Gasteiger partial charge in [-0.15, -0.1) is 0 Å². The molecule has 2 heterocycles. The molecular formula is C9H12FN3OS. The normalized spacial score (nSPS) is 16.1. The third kappa shape index (κ3) is 2.57. The molecule has 6 heteroatoms. The summed E-state index contributed by atoms with van der Waals surface area (Å²) in [6.07, 6.45) is 1.20. The van der Waals surface area contributed by atoms with Gasteiger partial charge in [-0.1, -0.05) is 11.8 Å². The fourth-order valence-corrected chi connectivity index (χ4v) is 2.07. The first kappa shape index (κ1) is 10.6. The quantitative estimate of drug-likeness (QED) is 0.793. The van der Waals surface area contributed by atoms with Crippen molar-refractivity contribution in [2.75, 3.05) is 25.1 Å². The number of anilines is 1. The van der Waals surface area contributed by atoms with E-state index in [1.54, 1.807) is 0 Å². The summed E-state index contributed by atoms with van der Waals surface area (Å²) in [5, 5.41) is 3.67. The highest BCUT2D eigenvalue weighted by Gasteiger charge is 2.22. The number of thioether (sulfide) groups is 1. The van der Waals surface area contributed by atoms with Crippen LogP contribution in [0.4, 0.5) is 10.3 Å². The van der Waals surface area contributed by atoms with Crippen LogP contribution in [0, 0.1) is 5.82 Å². The third-order valence-corrected chi connectivity index (χ3v) is 3.05. The molecule has 0 aliphatic carbocycles. The van der Waals surface area contributed by atoms with Gasteiger partial charge in [0, 0.05) is 6.54 Å². The zero-order valence-electron chi connectivity index (χ0n) is 8.36. The largest absolute Gasteiger partial charge is 0.379 e. The Morgan fingerprint density at radius 2 is 2.47 bits per heavy atom. The van der Waals surface area contributed by atoms with Gasteiger partial charge in [-0.3, -0.25) is 0 Å². The van der Waals surface area contributed by atoms with Gasteiger partial charge in [0.25, 0.3) is 0 Å². The molecule has 0 spiro atoms. The van der Waals surface area contributed by atoms with Crippen LogP contribution in [0.5, 0.6) is 0 Å². The highest BCUT2D eigenvalue weighted by molar-refractivity contribution is 8.00. The molecule has 4 nitrogen and oxygen atoms in total. The Morgan fingerprint density at radius 3 is 3.07 bits per heavy atom. The van der Waals surface area contributed by atoms with E-state index < -0.39 is 0 Å². The molecule has 0 atom stereocenters. The van der Waals surface area contributed by atoms with Gasteiger partial charge >= 0.3 is 0 Å². The lowest BCUT2D eigenvalue weighted by molar-refractivity contribution is 0.0454. The Kier molecular flexibility index (Phi) is 3.37. The van der Waals surface area contributed by atoms with E-state index >= 15 is 0 Å². The molecule has 1 aromatic rings. The van der Waals surface area contributed by atoms with Crippen molar-refractivity contribution in [3.8, 4) is 0 Å². The highest BCUT2D eigenvalue weighted by Crippen LogP contribution is 2.28. The summed E-state index contributed by atoms with van der Waals surface area (Å²) in [6.45, 7) is 4.01. The molecule has 0 amide bonds. The number of aromatic nitrogens is 2. The van der Waals surface area contributed by atoms with Gasteiger partial charge in [0.1, 0.15) is 5.03 Å². The van der Waals surface area contributed by atoms with E-state index in [0.717, 1.165) is 6.54 Å². The van der Waals surface area contributed by atoms with Crippen LogP contribution in [0.1, 0.15) is 6.92 Å². The number of halogens is 1. The predicted molar refractivity (Wildman–Crippen MR) is 56.6 cm³/mol. The number of nitrogens with zero attached hydrogens (tertiary/aromatic N) is 2. The Morgan fingerprint density at radius 1 is 1.67 bits per heavy atom. The van der Waals surface area contributed by atoms with E-state index in [9.17, 15) is 4.39 Å². The molecule has 82 valence electrons. The van der Waals surface area contributed by atoms with Crippen LogP contribution in [-0.4, -0.2) is 35.0 Å². The average molecular weight is 229 g/mol. The molecule has 1 aliphatic heterocycles. The van der Waals surface area contributed by atoms with Crippen molar-refractivity contribution in [3.63, 3.8) is 0 Å². The fourth-order valence-electron chi connectivity index (χ4n) is 1.12. The van der Waals surface area contributed by atoms with Crippen molar-refractivity contribution in [1.29, 1.82) is 0 Å². The molecule has 1 aromatic heterocycles. The summed E-state index contributed by atoms with van der Waals surface area (Å²) < 4.78 is 18.3. The standard InChI is InChI=1S/C9H12FN3OS/c1-2-11-9-12-3-7(10)8(13-9)15-6-4-14-5-6/h3,6H,2,4-5H2,1H3,(H,11,12,13). The van der Waals surface area contributed by atoms with Crippen LogP contribution >= 0.6 is 11.8 Å². The van der Waals surface area contributed by atoms with Crippen molar-refractivity contribution in [2.45, 2.75) is 17.2 Å². The van der Waals surface area contributed by atoms with E-state index in [0.29, 0.717) is 29.4 Å². The van der Waals surface area contributed by atoms with Crippen molar-refractivity contribution in [2.24, 2.45) is 0 Å².